The summed E-state index contributed by atoms with van der Waals surface area (Å²) >= 11 is 9.63. The second kappa shape index (κ2) is 4.82. The normalized spacial score (nSPS) is 17.4. The molecule has 0 spiro atoms. The van der Waals surface area contributed by atoms with Crippen LogP contribution in [0, 0.1) is 0 Å². The Bertz CT molecular complexity index is 190. The van der Waals surface area contributed by atoms with Crippen LogP contribution in [0.1, 0.15) is 6.92 Å². The third-order valence-electron chi connectivity index (χ3n) is 0.819. The van der Waals surface area contributed by atoms with Crippen molar-refractivity contribution in [1.29, 1.82) is 0 Å². The Hall–Kier alpha value is 0.720. The first-order chi connectivity index (χ1) is 5.33. The van der Waals surface area contributed by atoms with Crippen molar-refractivity contribution in [3.05, 3.63) is 0 Å². The monoisotopic (exact) mass is 238 g/mol. The molecule has 0 aliphatic carbocycles. The summed E-state index contributed by atoms with van der Waals surface area (Å²) < 4.78 is 34.1. The molecule has 12 heavy (non-hydrogen) atoms. The number of rotatable bonds is 5. The van der Waals surface area contributed by atoms with Gasteiger partial charge in [-0.05, 0) is 18.7 Å². The summed E-state index contributed by atoms with van der Waals surface area (Å²) in [6.07, 6.45) is -3.39. The highest BCUT2D eigenvalue weighted by atomic mass is 35.5. The van der Waals surface area contributed by atoms with Crippen LogP contribution in [0.2, 0.25) is 0 Å². The van der Waals surface area contributed by atoms with Crippen molar-refractivity contribution in [3.63, 3.8) is 0 Å². The summed E-state index contributed by atoms with van der Waals surface area (Å²) in [7, 11) is 0. The van der Waals surface area contributed by atoms with Gasteiger partial charge < -0.3 is 4.52 Å². The lowest BCUT2D eigenvalue weighted by molar-refractivity contribution is -0.155. The Labute approximate surface area is 80.4 Å². The lowest BCUT2D eigenvalue weighted by Crippen LogP contribution is -2.21. The van der Waals surface area contributed by atoms with Gasteiger partial charge in [-0.25, -0.2) is 0 Å². The Morgan fingerprint density at radius 1 is 1.58 bits per heavy atom. The first-order valence-electron chi connectivity index (χ1n) is 3.19. The van der Waals surface area contributed by atoms with Crippen LogP contribution in [0.4, 0.5) is 8.78 Å². The van der Waals surface area contributed by atoms with E-state index in [1.165, 1.54) is 6.66 Å². The van der Waals surface area contributed by atoms with Crippen LogP contribution in [0.25, 0.3) is 0 Å². The molecule has 74 valence electrons. The van der Waals surface area contributed by atoms with Crippen molar-refractivity contribution in [2.75, 3.05) is 19.2 Å². The van der Waals surface area contributed by atoms with Gasteiger partial charge in [0.15, 0.2) is 6.49 Å². The molecule has 0 aliphatic heterocycles. The molecular formula is C5H10ClF2O2PS. The van der Waals surface area contributed by atoms with E-state index in [1.807, 2.05) is 0 Å². The van der Waals surface area contributed by atoms with Crippen LogP contribution >= 0.6 is 18.1 Å². The van der Waals surface area contributed by atoms with Gasteiger partial charge >= 0.3 is 6.11 Å². The first kappa shape index (κ1) is 12.7. The molecule has 0 aliphatic rings. The lowest BCUT2D eigenvalue weighted by Gasteiger charge is -2.22. The first-order valence-corrected chi connectivity index (χ1v) is 6.81. The maximum atomic E-state index is 12.5. The Kier molecular flexibility index (Phi) is 5.11. The van der Waals surface area contributed by atoms with E-state index in [4.69, 9.17) is 16.1 Å². The Morgan fingerprint density at radius 3 is 2.42 bits per heavy atom. The van der Waals surface area contributed by atoms with E-state index < -0.39 is 18.5 Å². The Morgan fingerprint density at radius 2 is 2.08 bits per heavy atom. The van der Waals surface area contributed by atoms with Gasteiger partial charge in [0.2, 0.25) is 0 Å². The zero-order chi connectivity index (χ0) is 9.83. The highest BCUT2D eigenvalue weighted by molar-refractivity contribution is 8.09. The van der Waals surface area contributed by atoms with Crippen LogP contribution in [0.15, 0.2) is 0 Å². The van der Waals surface area contributed by atoms with Gasteiger partial charge in [0.05, 0.1) is 6.61 Å². The molecule has 0 bridgehead atoms. The van der Waals surface area contributed by atoms with Crippen molar-refractivity contribution in [1.82, 2.24) is 0 Å². The molecular weight excluding hydrogens is 229 g/mol. The van der Waals surface area contributed by atoms with Gasteiger partial charge in [-0.3, -0.25) is 4.52 Å². The highest BCUT2D eigenvalue weighted by Gasteiger charge is 2.34. The SMILES string of the molecule is CCOP(C)(=S)OC(F)(F)CCl. The summed E-state index contributed by atoms with van der Waals surface area (Å²) in [5, 5.41) is 0. The molecule has 1 unspecified atom stereocenters. The van der Waals surface area contributed by atoms with Crippen molar-refractivity contribution in [3.8, 4) is 0 Å². The van der Waals surface area contributed by atoms with Gasteiger partial charge in [-0.15, -0.1) is 11.6 Å². The predicted molar refractivity (Wildman–Crippen MR) is 48.6 cm³/mol. The van der Waals surface area contributed by atoms with E-state index in [1.54, 1.807) is 6.92 Å². The molecule has 0 radical (unpaired) electrons. The lowest BCUT2D eigenvalue weighted by atomic mass is 10.8. The molecule has 1 atom stereocenters. The van der Waals surface area contributed by atoms with E-state index >= 15 is 0 Å². The Balaban J connectivity index is 4.14. The molecule has 0 aromatic carbocycles. The van der Waals surface area contributed by atoms with Crippen LogP contribution < -0.4 is 0 Å². The topological polar surface area (TPSA) is 18.5 Å². The minimum absolute atomic E-state index is 0.256. The second-order valence-electron chi connectivity index (χ2n) is 2.05. The van der Waals surface area contributed by atoms with E-state index in [-0.39, 0.29) is 6.61 Å². The van der Waals surface area contributed by atoms with Crippen LogP contribution in [0.3, 0.4) is 0 Å². The fourth-order valence-corrected chi connectivity index (χ4v) is 2.37. The minimum atomic E-state index is -3.39. The summed E-state index contributed by atoms with van der Waals surface area (Å²) in [6.45, 7) is 0.423. The van der Waals surface area contributed by atoms with Crippen LogP contribution in [-0.2, 0) is 20.9 Å². The summed E-state index contributed by atoms with van der Waals surface area (Å²) in [4.78, 5) is 0. The predicted octanol–water partition coefficient (Wildman–Crippen LogP) is 2.81. The summed E-state index contributed by atoms with van der Waals surface area (Å²) in [6, 6.07) is 0. The van der Waals surface area contributed by atoms with Gasteiger partial charge in [0.25, 0.3) is 0 Å². The molecule has 7 heteroatoms. The van der Waals surface area contributed by atoms with E-state index in [2.05, 4.69) is 16.3 Å². The zero-order valence-corrected chi connectivity index (χ0v) is 9.19. The maximum Gasteiger partial charge on any atom is 0.374 e. The average molecular weight is 239 g/mol. The van der Waals surface area contributed by atoms with E-state index in [0.29, 0.717) is 0 Å². The molecule has 0 rings (SSSR count). The van der Waals surface area contributed by atoms with Crippen molar-refractivity contribution in [2.45, 2.75) is 13.0 Å². The molecule has 0 aromatic heterocycles. The molecule has 0 saturated carbocycles. The molecule has 2 nitrogen and oxygen atoms in total. The van der Waals surface area contributed by atoms with Gasteiger partial charge in [-0.2, -0.15) is 8.78 Å². The van der Waals surface area contributed by atoms with Gasteiger partial charge in [0, 0.05) is 6.66 Å². The molecule has 0 N–H and O–H groups in total. The minimum Gasteiger partial charge on any atom is -0.330 e. The molecule has 0 fully saturated rings. The van der Waals surface area contributed by atoms with E-state index in [0.717, 1.165) is 0 Å². The third kappa shape index (κ3) is 5.38. The molecule has 0 heterocycles. The van der Waals surface area contributed by atoms with Crippen LogP contribution in [0.5, 0.6) is 0 Å². The zero-order valence-electron chi connectivity index (χ0n) is 6.72. The number of alkyl halides is 3. The molecule has 0 amide bonds. The van der Waals surface area contributed by atoms with Crippen LogP contribution in [-0.4, -0.2) is 25.3 Å². The van der Waals surface area contributed by atoms with Gasteiger partial charge in [0.1, 0.15) is 5.88 Å². The maximum absolute atomic E-state index is 12.5. The third-order valence-corrected chi connectivity index (χ3v) is 3.00. The fourth-order valence-electron chi connectivity index (χ4n) is 0.528. The van der Waals surface area contributed by atoms with Crippen molar-refractivity contribution >= 4 is 29.9 Å². The molecule has 0 saturated heterocycles. The largest absolute Gasteiger partial charge is 0.374 e. The summed E-state index contributed by atoms with van der Waals surface area (Å²) in [5.74, 6) is -0.910. The molecule has 0 aromatic rings. The number of halogens is 3. The standard InChI is InChI=1S/C5H10ClF2O2PS/c1-3-9-11(2,12)10-5(7,8)4-6/h3-4H2,1-2H3. The van der Waals surface area contributed by atoms with Gasteiger partial charge in [-0.1, -0.05) is 0 Å². The quantitative estimate of drug-likeness (QED) is 0.542. The summed E-state index contributed by atoms with van der Waals surface area (Å²) in [5.41, 5.74) is 0. The smallest absolute Gasteiger partial charge is 0.330 e. The second-order valence-corrected chi connectivity index (χ2v) is 6.29. The fraction of sp³-hybridized carbons (Fsp3) is 1.00. The van der Waals surface area contributed by atoms with E-state index in [9.17, 15) is 8.78 Å². The average Bonchev–Trinajstić information content (AvgIpc) is 1.85. The number of hydrogen-bond donors (Lipinski definition) is 0. The van der Waals surface area contributed by atoms with Crippen molar-refractivity contribution < 1.29 is 17.8 Å². The van der Waals surface area contributed by atoms with Crippen molar-refractivity contribution in [2.24, 2.45) is 0 Å². The highest BCUT2D eigenvalue weighted by Crippen LogP contribution is 2.49. The number of hydrogen-bond acceptors (Lipinski definition) is 3.